The quantitative estimate of drug-likeness (QED) is 0.677. The number of benzene rings is 2. The molecule has 104 valence electrons. The minimum Gasteiger partial charge on any atom is -0.449 e. The lowest BCUT2D eigenvalue weighted by atomic mass is 10.1. The molecule has 0 radical (unpaired) electrons. The van der Waals surface area contributed by atoms with Gasteiger partial charge in [0.1, 0.15) is 5.75 Å². The average Bonchev–Trinajstić information content (AvgIpc) is 2.42. The predicted molar refractivity (Wildman–Crippen MR) is 79.9 cm³/mol. The van der Waals surface area contributed by atoms with E-state index < -0.39 is 4.92 Å². The Morgan fingerprint density at radius 2 is 2.10 bits per heavy atom. The van der Waals surface area contributed by atoms with Crippen LogP contribution in [-0.4, -0.2) is 4.92 Å². The summed E-state index contributed by atoms with van der Waals surface area (Å²) in [5.41, 5.74) is 7.35. The lowest BCUT2D eigenvalue weighted by molar-refractivity contribution is -0.385. The van der Waals surface area contributed by atoms with Crippen LogP contribution in [0.1, 0.15) is 11.1 Å². The SMILES string of the molecule is Cc1cc(CN)ccc1Oc1c(Br)cccc1[N+](=O)[O-]. The molecule has 0 aliphatic heterocycles. The number of rotatable bonds is 4. The fraction of sp³-hybridized carbons (Fsp3) is 0.143. The van der Waals surface area contributed by atoms with Gasteiger partial charge in [0, 0.05) is 12.6 Å². The van der Waals surface area contributed by atoms with Crippen LogP contribution < -0.4 is 10.5 Å². The highest BCUT2D eigenvalue weighted by Crippen LogP contribution is 2.38. The average molecular weight is 337 g/mol. The summed E-state index contributed by atoms with van der Waals surface area (Å²) in [6.45, 7) is 2.31. The van der Waals surface area contributed by atoms with Crippen molar-refractivity contribution in [1.82, 2.24) is 0 Å². The minimum absolute atomic E-state index is 0.0818. The van der Waals surface area contributed by atoms with E-state index in [0.29, 0.717) is 16.8 Å². The summed E-state index contributed by atoms with van der Waals surface area (Å²) in [6.07, 6.45) is 0. The maximum atomic E-state index is 11.0. The molecule has 20 heavy (non-hydrogen) atoms. The lowest BCUT2D eigenvalue weighted by Crippen LogP contribution is -1.98. The van der Waals surface area contributed by atoms with Crippen LogP contribution in [0.15, 0.2) is 40.9 Å². The number of halogens is 1. The zero-order chi connectivity index (χ0) is 14.7. The van der Waals surface area contributed by atoms with Crippen LogP contribution >= 0.6 is 15.9 Å². The summed E-state index contributed by atoms with van der Waals surface area (Å²) in [4.78, 5) is 10.6. The molecule has 0 aliphatic carbocycles. The monoisotopic (exact) mass is 336 g/mol. The van der Waals surface area contributed by atoms with Crippen molar-refractivity contribution in [2.75, 3.05) is 0 Å². The molecule has 5 nitrogen and oxygen atoms in total. The molecule has 0 saturated carbocycles. The van der Waals surface area contributed by atoms with Crippen LogP contribution in [0.5, 0.6) is 11.5 Å². The smallest absolute Gasteiger partial charge is 0.312 e. The Morgan fingerprint density at radius 1 is 1.35 bits per heavy atom. The Morgan fingerprint density at radius 3 is 2.70 bits per heavy atom. The molecule has 2 N–H and O–H groups in total. The third-order valence-electron chi connectivity index (χ3n) is 2.83. The Balaban J connectivity index is 2.42. The Bertz CT molecular complexity index is 659. The molecule has 0 unspecified atom stereocenters. The topological polar surface area (TPSA) is 78.4 Å². The van der Waals surface area contributed by atoms with Gasteiger partial charge in [-0.1, -0.05) is 18.2 Å². The van der Waals surface area contributed by atoms with E-state index in [1.807, 2.05) is 19.1 Å². The number of hydrogen-bond donors (Lipinski definition) is 1. The van der Waals surface area contributed by atoms with Gasteiger partial charge in [0.25, 0.3) is 0 Å². The van der Waals surface area contributed by atoms with E-state index in [0.717, 1.165) is 11.1 Å². The molecule has 0 heterocycles. The van der Waals surface area contributed by atoms with Crippen LogP contribution in [0.2, 0.25) is 0 Å². The zero-order valence-electron chi connectivity index (χ0n) is 10.8. The highest BCUT2D eigenvalue weighted by molar-refractivity contribution is 9.10. The van der Waals surface area contributed by atoms with E-state index in [1.165, 1.54) is 6.07 Å². The molecule has 0 bridgehead atoms. The fourth-order valence-corrected chi connectivity index (χ4v) is 2.24. The van der Waals surface area contributed by atoms with Gasteiger partial charge < -0.3 is 10.5 Å². The molecule has 2 rings (SSSR count). The number of nitrogens with zero attached hydrogens (tertiary/aromatic N) is 1. The van der Waals surface area contributed by atoms with Gasteiger partial charge in [0.05, 0.1) is 9.40 Å². The highest BCUT2D eigenvalue weighted by atomic mass is 79.9. The van der Waals surface area contributed by atoms with Crippen LogP contribution in [0, 0.1) is 17.0 Å². The van der Waals surface area contributed by atoms with Crippen molar-refractivity contribution >= 4 is 21.6 Å². The molecule has 0 saturated heterocycles. The Hall–Kier alpha value is -1.92. The van der Waals surface area contributed by atoms with Gasteiger partial charge in [-0.05, 0) is 46.1 Å². The van der Waals surface area contributed by atoms with Crippen LogP contribution in [-0.2, 0) is 6.54 Å². The van der Waals surface area contributed by atoms with Crippen LogP contribution in [0.4, 0.5) is 5.69 Å². The van der Waals surface area contributed by atoms with E-state index in [-0.39, 0.29) is 11.4 Å². The number of nitro groups is 1. The van der Waals surface area contributed by atoms with E-state index in [1.54, 1.807) is 18.2 Å². The maximum Gasteiger partial charge on any atom is 0.312 e. The number of nitro benzene ring substituents is 1. The molecule has 0 fully saturated rings. The molecule has 0 spiro atoms. The van der Waals surface area contributed by atoms with Gasteiger partial charge in [-0.15, -0.1) is 0 Å². The van der Waals surface area contributed by atoms with Crippen LogP contribution in [0.25, 0.3) is 0 Å². The van der Waals surface area contributed by atoms with Crippen LogP contribution in [0.3, 0.4) is 0 Å². The third kappa shape index (κ3) is 2.97. The fourth-order valence-electron chi connectivity index (χ4n) is 1.81. The summed E-state index contributed by atoms with van der Waals surface area (Å²) in [7, 11) is 0. The van der Waals surface area contributed by atoms with Gasteiger partial charge in [0.2, 0.25) is 5.75 Å². The molecular formula is C14H13BrN2O3. The van der Waals surface area contributed by atoms with Crippen molar-refractivity contribution in [3.8, 4) is 11.5 Å². The minimum atomic E-state index is -0.469. The maximum absolute atomic E-state index is 11.0. The first-order chi connectivity index (χ1) is 9.52. The standard InChI is InChI=1S/C14H13BrN2O3/c1-9-7-10(8-16)5-6-13(9)20-14-11(15)3-2-4-12(14)17(18)19/h2-7H,8,16H2,1H3. The molecule has 0 aliphatic rings. The summed E-state index contributed by atoms with van der Waals surface area (Å²) >= 11 is 3.28. The van der Waals surface area contributed by atoms with Gasteiger partial charge in [-0.3, -0.25) is 10.1 Å². The number of nitrogens with two attached hydrogens (primary N) is 1. The molecule has 0 aromatic heterocycles. The number of para-hydroxylation sites is 1. The van der Waals surface area contributed by atoms with Gasteiger partial charge in [-0.25, -0.2) is 0 Å². The molecule has 2 aromatic rings. The van der Waals surface area contributed by atoms with Gasteiger partial charge >= 0.3 is 5.69 Å². The highest BCUT2D eigenvalue weighted by Gasteiger charge is 2.19. The summed E-state index contributed by atoms with van der Waals surface area (Å²) in [5.74, 6) is 0.762. The first-order valence-electron chi connectivity index (χ1n) is 5.93. The summed E-state index contributed by atoms with van der Waals surface area (Å²) in [6, 6.07) is 10.2. The van der Waals surface area contributed by atoms with E-state index in [2.05, 4.69) is 15.9 Å². The first kappa shape index (κ1) is 14.5. The van der Waals surface area contributed by atoms with E-state index >= 15 is 0 Å². The summed E-state index contributed by atoms with van der Waals surface area (Å²) in [5, 5.41) is 11.0. The Kier molecular flexibility index (Phi) is 4.36. The second kappa shape index (κ2) is 6.02. The lowest BCUT2D eigenvalue weighted by Gasteiger charge is -2.11. The molecule has 6 heteroatoms. The summed E-state index contributed by atoms with van der Waals surface area (Å²) < 4.78 is 6.24. The first-order valence-corrected chi connectivity index (χ1v) is 6.72. The molecular weight excluding hydrogens is 324 g/mol. The molecule has 0 atom stereocenters. The van der Waals surface area contributed by atoms with Crippen molar-refractivity contribution in [3.63, 3.8) is 0 Å². The second-order valence-corrected chi connectivity index (χ2v) is 5.11. The molecule has 2 aromatic carbocycles. The number of ether oxygens (including phenoxy) is 1. The van der Waals surface area contributed by atoms with Gasteiger partial charge in [-0.2, -0.15) is 0 Å². The molecule has 0 amide bonds. The number of hydrogen-bond acceptors (Lipinski definition) is 4. The van der Waals surface area contributed by atoms with Crippen molar-refractivity contribution in [2.45, 2.75) is 13.5 Å². The normalized spacial score (nSPS) is 10.3. The Labute approximate surface area is 124 Å². The second-order valence-electron chi connectivity index (χ2n) is 4.25. The van der Waals surface area contributed by atoms with E-state index in [4.69, 9.17) is 10.5 Å². The third-order valence-corrected chi connectivity index (χ3v) is 3.45. The predicted octanol–water partition coefficient (Wildman–Crippen LogP) is 3.92. The van der Waals surface area contributed by atoms with Gasteiger partial charge in [0.15, 0.2) is 0 Å². The van der Waals surface area contributed by atoms with Crippen molar-refractivity contribution < 1.29 is 9.66 Å². The van der Waals surface area contributed by atoms with Crippen molar-refractivity contribution in [2.24, 2.45) is 5.73 Å². The van der Waals surface area contributed by atoms with E-state index in [9.17, 15) is 10.1 Å². The number of aryl methyl sites for hydroxylation is 1. The van der Waals surface area contributed by atoms with Crippen molar-refractivity contribution in [1.29, 1.82) is 0 Å². The zero-order valence-corrected chi connectivity index (χ0v) is 12.4. The van der Waals surface area contributed by atoms with Crippen molar-refractivity contribution in [3.05, 3.63) is 62.1 Å². The largest absolute Gasteiger partial charge is 0.449 e.